The number of carbonyl (C=O) groups excluding carboxylic acids is 2. The summed E-state index contributed by atoms with van der Waals surface area (Å²) in [5.41, 5.74) is 0. The van der Waals surface area contributed by atoms with Crippen LogP contribution in [-0.2, 0) is 4.79 Å². The highest BCUT2D eigenvalue weighted by Crippen LogP contribution is 2.13. The number of amides is 3. The highest BCUT2D eigenvalue weighted by atomic mass is 19.4. The molecule has 1 fully saturated rings. The molecular weight excluding hydrogens is 265 g/mol. The number of alkyl halides is 3. The van der Waals surface area contributed by atoms with Crippen LogP contribution in [0.3, 0.4) is 0 Å². The quantitative estimate of drug-likeness (QED) is 0.663. The second kappa shape index (κ2) is 6.60. The van der Waals surface area contributed by atoms with Crippen molar-refractivity contribution in [3.63, 3.8) is 0 Å². The summed E-state index contributed by atoms with van der Waals surface area (Å²) in [4.78, 5) is 24.5. The molecule has 19 heavy (non-hydrogen) atoms. The predicted octanol–water partition coefficient (Wildman–Crippen LogP) is -0.332. The van der Waals surface area contributed by atoms with E-state index in [4.69, 9.17) is 0 Å². The van der Waals surface area contributed by atoms with Gasteiger partial charge in [0.05, 0.1) is 0 Å². The van der Waals surface area contributed by atoms with E-state index in [1.54, 1.807) is 12.2 Å². The Morgan fingerprint density at radius 2 is 2.05 bits per heavy atom. The van der Waals surface area contributed by atoms with E-state index in [1.165, 1.54) is 0 Å². The molecule has 9 heteroatoms. The molecule has 0 aromatic carbocycles. The van der Waals surface area contributed by atoms with Gasteiger partial charge < -0.3 is 20.9 Å². The SMILES string of the molecule is CCNC(=O)C1CNCCN1C(=O)NCC(F)(F)F. The zero-order valence-corrected chi connectivity index (χ0v) is 10.5. The van der Waals surface area contributed by atoms with E-state index in [2.05, 4.69) is 10.6 Å². The van der Waals surface area contributed by atoms with Gasteiger partial charge >= 0.3 is 12.2 Å². The van der Waals surface area contributed by atoms with Crippen molar-refractivity contribution in [2.24, 2.45) is 0 Å². The molecule has 0 spiro atoms. The van der Waals surface area contributed by atoms with Gasteiger partial charge in [0, 0.05) is 26.2 Å². The summed E-state index contributed by atoms with van der Waals surface area (Å²) in [6.45, 7) is 1.57. The molecule has 3 N–H and O–H groups in total. The molecule has 0 aliphatic carbocycles. The zero-order valence-electron chi connectivity index (χ0n) is 10.5. The van der Waals surface area contributed by atoms with Gasteiger partial charge in [-0.15, -0.1) is 0 Å². The first-order chi connectivity index (χ1) is 8.85. The molecule has 110 valence electrons. The summed E-state index contributed by atoms with van der Waals surface area (Å²) in [6, 6.07) is -1.67. The first-order valence-corrected chi connectivity index (χ1v) is 5.95. The molecule has 1 rings (SSSR count). The van der Waals surface area contributed by atoms with Crippen molar-refractivity contribution >= 4 is 11.9 Å². The minimum absolute atomic E-state index is 0.186. The van der Waals surface area contributed by atoms with E-state index < -0.39 is 24.8 Å². The summed E-state index contributed by atoms with van der Waals surface area (Å²) in [5.74, 6) is -0.378. The largest absolute Gasteiger partial charge is 0.405 e. The van der Waals surface area contributed by atoms with Gasteiger partial charge in [0.1, 0.15) is 12.6 Å². The van der Waals surface area contributed by atoms with Gasteiger partial charge in [0.25, 0.3) is 0 Å². The molecule has 0 radical (unpaired) electrons. The number of halogens is 3. The Morgan fingerprint density at radius 3 is 2.63 bits per heavy atom. The monoisotopic (exact) mass is 282 g/mol. The lowest BCUT2D eigenvalue weighted by molar-refractivity contribution is -0.126. The predicted molar refractivity (Wildman–Crippen MR) is 61.5 cm³/mol. The topological polar surface area (TPSA) is 73.5 Å². The molecule has 1 unspecified atom stereocenters. The maximum atomic E-state index is 12.0. The van der Waals surface area contributed by atoms with Crippen molar-refractivity contribution in [3.05, 3.63) is 0 Å². The first-order valence-electron chi connectivity index (χ1n) is 5.95. The van der Waals surface area contributed by atoms with Crippen molar-refractivity contribution < 1.29 is 22.8 Å². The van der Waals surface area contributed by atoms with Crippen LogP contribution in [-0.4, -0.2) is 61.8 Å². The van der Waals surface area contributed by atoms with E-state index in [-0.39, 0.29) is 19.0 Å². The van der Waals surface area contributed by atoms with E-state index in [0.29, 0.717) is 13.1 Å². The van der Waals surface area contributed by atoms with Crippen LogP contribution in [0.5, 0.6) is 0 Å². The van der Waals surface area contributed by atoms with Crippen LogP contribution in [0, 0.1) is 0 Å². The molecule has 0 aromatic rings. The smallest absolute Gasteiger partial charge is 0.355 e. The van der Waals surface area contributed by atoms with Gasteiger partial charge in [-0.1, -0.05) is 0 Å². The van der Waals surface area contributed by atoms with Gasteiger partial charge in [-0.3, -0.25) is 4.79 Å². The van der Waals surface area contributed by atoms with E-state index >= 15 is 0 Å². The average Bonchev–Trinajstić information content (AvgIpc) is 2.35. The lowest BCUT2D eigenvalue weighted by atomic mass is 10.2. The molecule has 1 aliphatic rings. The van der Waals surface area contributed by atoms with Crippen LogP contribution in [0.1, 0.15) is 6.92 Å². The molecule has 0 aromatic heterocycles. The third-order valence-electron chi connectivity index (χ3n) is 2.60. The molecule has 1 aliphatic heterocycles. The summed E-state index contributed by atoms with van der Waals surface area (Å²) in [5, 5.41) is 7.25. The van der Waals surface area contributed by atoms with Crippen LogP contribution >= 0.6 is 0 Å². The minimum Gasteiger partial charge on any atom is -0.355 e. The van der Waals surface area contributed by atoms with Crippen LogP contribution in [0.25, 0.3) is 0 Å². The highest BCUT2D eigenvalue weighted by molar-refractivity contribution is 5.87. The highest BCUT2D eigenvalue weighted by Gasteiger charge is 2.34. The molecule has 1 heterocycles. The Kier molecular flexibility index (Phi) is 5.40. The molecule has 1 saturated heterocycles. The third kappa shape index (κ3) is 4.93. The zero-order chi connectivity index (χ0) is 14.5. The van der Waals surface area contributed by atoms with Gasteiger partial charge in [0.15, 0.2) is 0 Å². The second-order valence-corrected chi connectivity index (χ2v) is 4.08. The van der Waals surface area contributed by atoms with Gasteiger partial charge in [-0.05, 0) is 6.92 Å². The lowest BCUT2D eigenvalue weighted by Crippen LogP contribution is -2.62. The Hall–Kier alpha value is -1.51. The van der Waals surface area contributed by atoms with Crippen molar-refractivity contribution in [3.8, 4) is 0 Å². The van der Waals surface area contributed by atoms with Gasteiger partial charge in [-0.25, -0.2) is 4.79 Å². The standard InChI is InChI=1S/C10H17F3N4O2/c1-2-15-8(18)7-5-14-3-4-17(7)9(19)16-6-10(11,12)13/h7,14H,2-6H2,1H3,(H,15,18)(H,16,19). The summed E-state index contributed by atoms with van der Waals surface area (Å²) >= 11 is 0. The van der Waals surface area contributed by atoms with Gasteiger partial charge in [-0.2, -0.15) is 13.2 Å². The number of hydrogen-bond acceptors (Lipinski definition) is 3. The van der Waals surface area contributed by atoms with E-state index in [9.17, 15) is 22.8 Å². The number of urea groups is 1. The lowest BCUT2D eigenvalue weighted by Gasteiger charge is -2.35. The summed E-state index contributed by atoms with van der Waals surface area (Å²) in [6.07, 6.45) is -4.47. The Morgan fingerprint density at radius 1 is 1.37 bits per heavy atom. The Bertz CT molecular complexity index is 335. The fourth-order valence-electron chi connectivity index (χ4n) is 1.75. The molecule has 3 amide bonds. The van der Waals surface area contributed by atoms with Crippen LogP contribution in [0.15, 0.2) is 0 Å². The number of carbonyl (C=O) groups is 2. The number of likely N-dealkylation sites (N-methyl/N-ethyl adjacent to an activating group) is 1. The molecule has 1 atom stereocenters. The fraction of sp³-hybridized carbons (Fsp3) is 0.800. The Balaban J connectivity index is 2.61. The van der Waals surface area contributed by atoms with Crippen LogP contribution < -0.4 is 16.0 Å². The molecule has 0 saturated carbocycles. The van der Waals surface area contributed by atoms with Crippen LogP contribution in [0.4, 0.5) is 18.0 Å². The van der Waals surface area contributed by atoms with E-state index in [1.807, 2.05) is 0 Å². The van der Waals surface area contributed by atoms with Crippen molar-refractivity contribution in [2.75, 3.05) is 32.7 Å². The van der Waals surface area contributed by atoms with E-state index in [0.717, 1.165) is 4.90 Å². The van der Waals surface area contributed by atoms with Crippen LogP contribution in [0.2, 0.25) is 0 Å². The number of nitrogens with zero attached hydrogens (tertiary/aromatic N) is 1. The summed E-state index contributed by atoms with van der Waals surface area (Å²) in [7, 11) is 0. The van der Waals surface area contributed by atoms with Crippen molar-refractivity contribution in [1.82, 2.24) is 20.9 Å². The normalized spacial score (nSPS) is 20.0. The number of rotatable bonds is 3. The van der Waals surface area contributed by atoms with Crippen molar-refractivity contribution in [2.45, 2.75) is 19.1 Å². The summed E-state index contributed by atoms with van der Waals surface area (Å²) < 4.78 is 36.1. The maximum absolute atomic E-state index is 12.0. The average molecular weight is 282 g/mol. The number of hydrogen-bond donors (Lipinski definition) is 3. The third-order valence-corrected chi connectivity index (χ3v) is 2.60. The molecule has 6 nitrogen and oxygen atoms in total. The molecule has 0 bridgehead atoms. The fourth-order valence-corrected chi connectivity index (χ4v) is 1.75. The minimum atomic E-state index is -4.47. The number of piperazine rings is 1. The Labute approximate surface area is 108 Å². The van der Waals surface area contributed by atoms with Gasteiger partial charge in [0.2, 0.25) is 5.91 Å². The molecular formula is C10H17F3N4O2. The second-order valence-electron chi connectivity index (χ2n) is 4.08. The first kappa shape index (κ1) is 15.5. The number of nitrogens with one attached hydrogen (secondary N) is 3. The van der Waals surface area contributed by atoms with Crippen molar-refractivity contribution in [1.29, 1.82) is 0 Å². The maximum Gasteiger partial charge on any atom is 0.405 e.